The molecule has 0 bridgehead atoms. The average molecular weight is 495 g/mol. The van der Waals surface area contributed by atoms with E-state index in [1.807, 2.05) is 0 Å². The smallest absolute Gasteiger partial charge is 0.277 e. The van der Waals surface area contributed by atoms with E-state index in [1.165, 1.54) is 34.9 Å². The molecule has 3 N–H and O–H groups in total. The molecule has 0 saturated carbocycles. The van der Waals surface area contributed by atoms with Crippen LogP contribution in [0, 0.1) is 5.82 Å². The molecule has 3 amide bonds. The van der Waals surface area contributed by atoms with Crippen LogP contribution in [0.1, 0.15) is 33.5 Å². The van der Waals surface area contributed by atoms with Gasteiger partial charge in [0.15, 0.2) is 17.3 Å². The molecular formula is C25H27FN6O4. The summed E-state index contributed by atoms with van der Waals surface area (Å²) in [5.74, 6) is -1.88. The Morgan fingerprint density at radius 3 is 2.67 bits per heavy atom. The topological polar surface area (TPSA) is 123 Å². The number of amides is 3. The zero-order valence-electron chi connectivity index (χ0n) is 20.1. The van der Waals surface area contributed by atoms with Crippen molar-refractivity contribution in [3.05, 3.63) is 77.2 Å². The molecule has 0 aliphatic carbocycles. The van der Waals surface area contributed by atoms with E-state index < -0.39 is 17.6 Å². The SMILES string of the molecule is C=C(/C=C\C(=C/C)N1CCc2c(C(N)=O)nn(-c3ccc(OC)c(F)c3)c2C1=O)N1CCNCC1=O. The highest BCUT2D eigenvalue weighted by atomic mass is 19.1. The second-order valence-corrected chi connectivity index (χ2v) is 8.24. The standard InChI is InChI=1S/C25H27FN6O4/c1-4-16(6-5-15(2)30-12-10-28-14-21(30)33)31-11-9-18-22(24(27)34)29-32(23(18)25(31)35)17-7-8-20(36-3)19(26)13-17/h4-8,13,28H,2,9-12,14H2,1,3H3,(H2,27,34)/b6-5-,16-4+. The third-order valence-corrected chi connectivity index (χ3v) is 6.12. The lowest BCUT2D eigenvalue weighted by Gasteiger charge is -2.29. The average Bonchev–Trinajstić information content (AvgIpc) is 3.26. The molecule has 1 saturated heterocycles. The van der Waals surface area contributed by atoms with E-state index in [1.54, 1.807) is 30.1 Å². The van der Waals surface area contributed by atoms with Crippen LogP contribution in [-0.4, -0.2) is 70.6 Å². The first-order chi connectivity index (χ1) is 17.3. The second-order valence-electron chi connectivity index (χ2n) is 8.24. The summed E-state index contributed by atoms with van der Waals surface area (Å²) in [6.07, 6.45) is 5.48. The molecule has 2 aliphatic rings. The van der Waals surface area contributed by atoms with E-state index in [-0.39, 0.29) is 41.8 Å². The Kier molecular flexibility index (Phi) is 7.02. The van der Waals surface area contributed by atoms with E-state index in [4.69, 9.17) is 10.5 Å². The summed E-state index contributed by atoms with van der Waals surface area (Å²) in [4.78, 5) is 41.0. The molecule has 11 heteroatoms. The lowest BCUT2D eigenvalue weighted by atomic mass is 10.0. The third kappa shape index (κ3) is 4.52. The van der Waals surface area contributed by atoms with Crippen molar-refractivity contribution in [1.82, 2.24) is 24.9 Å². The lowest BCUT2D eigenvalue weighted by molar-refractivity contribution is -0.129. The Hall–Kier alpha value is -4.25. The summed E-state index contributed by atoms with van der Waals surface area (Å²) in [6, 6.07) is 4.13. The molecule has 2 aliphatic heterocycles. The van der Waals surface area contributed by atoms with Crippen molar-refractivity contribution in [1.29, 1.82) is 0 Å². The third-order valence-electron chi connectivity index (χ3n) is 6.12. The minimum absolute atomic E-state index is 0.0302. The minimum Gasteiger partial charge on any atom is -0.494 e. The molecule has 2 aromatic rings. The zero-order valence-corrected chi connectivity index (χ0v) is 20.1. The van der Waals surface area contributed by atoms with Gasteiger partial charge in [0.25, 0.3) is 11.8 Å². The van der Waals surface area contributed by atoms with Gasteiger partial charge in [0.1, 0.15) is 5.69 Å². The number of primary amides is 1. The number of hydrogen-bond acceptors (Lipinski definition) is 6. The van der Waals surface area contributed by atoms with Crippen LogP contribution in [0.5, 0.6) is 5.75 Å². The van der Waals surface area contributed by atoms with Crippen molar-refractivity contribution in [2.45, 2.75) is 13.3 Å². The number of nitrogens with zero attached hydrogens (tertiary/aromatic N) is 4. The van der Waals surface area contributed by atoms with Gasteiger partial charge < -0.3 is 25.6 Å². The second kappa shape index (κ2) is 10.2. The Labute approximate surface area is 207 Å². The fourth-order valence-corrected chi connectivity index (χ4v) is 4.30. The first-order valence-electron chi connectivity index (χ1n) is 11.4. The normalized spacial score (nSPS) is 16.5. The lowest BCUT2D eigenvalue weighted by Crippen LogP contribution is -2.46. The molecule has 188 valence electrons. The number of nitrogens with one attached hydrogen (secondary N) is 1. The van der Waals surface area contributed by atoms with Gasteiger partial charge in [-0.3, -0.25) is 14.4 Å². The Bertz CT molecular complexity index is 1310. The number of rotatable bonds is 7. The zero-order chi connectivity index (χ0) is 26.0. The molecule has 0 atom stereocenters. The molecule has 10 nitrogen and oxygen atoms in total. The molecule has 4 rings (SSSR count). The Morgan fingerprint density at radius 2 is 2.03 bits per heavy atom. The van der Waals surface area contributed by atoms with Gasteiger partial charge in [0.2, 0.25) is 5.91 Å². The van der Waals surface area contributed by atoms with Crippen LogP contribution in [-0.2, 0) is 11.2 Å². The number of fused-ring (bicyclic) bond motifs is 1. The van der Waals surface area contributed by atoms with Gasteiger partial charge in [0.05, 0.1) is 19.3 Å². The predicted octanol–water partition coefficient (Wildman–Crippen LogP) is 1.52. The van der Waals surface area contributed by atoms with Gasteiger partial charge in [-0.2, -0.15) is 5.10 Å². The van der Waals surface area contributed by atoms with Crippen LogP contribution in [0.3, 0.4) is 0 Å². The van der Waals surface area contributed by atoms with Crippen molar-refractivity contribution in [2.75, 3.05) is 33.3 Å². The molecule has 0 unspecified atom stereocenters. The maximum atomic E-state index is 14.4. The van der Waals surface area contributed by atoms with Crippen LogP contribution in [0.15, 0.2) is 54.4 Å². The van der Waals surface area contributed by atoms with E-state index in [9.17, 15) is 18.8 Å². The monoisotopic (exact) mass is 494 g/mol. The Balaban J connectivity index is 1.68. The maximum Gasteiger partial charge on any atom is 0.277 e. The van der Waals surface area contributed by atoms with Crippen molar-refractivity contribution in [3.63, 3.8) is 0 Å². The van der Waals surface area contributed by atoms with Crippen molar-refractivity contribution >= 4 is 17.7 Å². The summed E-state index contributed by atoms with van der Waals surface area (Å²) < 4.78 is 20.6. The molecule has 0 spiro atoms. The number of halogens is 1. The Morgan fingerprint density at radius 1 is 1.25 bits per heavy atom. The maximum absolute atomic E-state index is 14.4. The summed E-state index contributed by atoms with van der Waals surface area (Å²) in [6.45, 7) is 7.46. The fraction of sp³-hybridized carbons (Fsp3) is 0.280. The summed E-state index contributed by atoms with van der Waals surface area (Å²) in [5, 5.41) is 7.27. The van der Waals surface area contributed by atoms with Gasteiger partial charge in [-0.05, 0) is 37.6 Å². The highest BCUT2D eigenvalue weighted by Gasteiger charge is 2.35. The molecule has 1 aromatic carbocycles. The van der Waals surface area contributed by atoms with Crippen LogP contribution in [0.25, 0.3) is 5.69 Å². The van der Waals surface area contributed by atoms with E-state index >= 15 is 0 Å². The van der Waals surface area contributed by atoms with Crippen LogP contribution in [0.4, 0.5) is 4.39 Å². The van der Waals surface area contributed by atoms with Crippen molar-refractivity contribution in [3.8, 4) is 11.4 Å². The minimum atomic E-state index is -0.775. The highest BCUT2D eigenvalue weighted by molar-refractivity contribution is 6.02. The quantitative estimate of drug-likeness (QED) is 0.563. The fourth-order valence-electron chi connectivity index (χ4n) is 4.30. The number of carbonyl (C=O) groups is 3. The van der Waals surface area contributed by atoms with Crippen LogP contribution < -0.4 is 15.8 Å². The summed E-state index contributed by atoms with van der Waals surface area (Å²) in [5.41, 5.74) is 7.37. The molecule has 1 aromatic heterocycles. The number of hydrogen-bond donors (Lipinski definition) is 2. The number of benzene rings is 1. The predicted molar refractivity (Wildman–Crippen MR) is 130 cm³/mol. The molecule has 3 heterocycles. The van der Waals surface area contributed by atoms with Gasteiger partial charge >= 0.3 is 0 Å². The number of aromatic nitrogens is 2. The molecule has 1 fully saturated rings. The van der Waals surface area contributed by atoms with Crippen LogP contribution >= 0.6 is 0 Å². The van der Waals surface area contributed by atoms with Gasteiger partial charge in [-0.25, -0.2) is 9.07 Å². The van der Waals surface area contributed by atoms with Crippen molar-refractivity contribution < 1.29 is 23.5 Å². The first-order valence-corrected chi connectivity index (χ1v) is 11.4. The molecular weight excluding hydrogens is 467 g/mol. The number of ether oxygens (including phenoxy) is 1. The molecule has 0 radical (unpaired) electrons. The van der Waals surface area contributed by atoms with E-state index in [2.05, 4.69) is 17.0 Å². The largest absolute Gasteiger partial charge is 0.494 e. The summed E-state index contributed by atoms with van der Waals surface area (Å²) >= 11 is 0. The first kappa shape index (κ1) is 24.9. The van der Waals surface area contributed by atoms with E-state index in [0.29, 0.717) is 36.5 Å². The summed E-state index contributed by atoms with van der Waals surface area (Å²) in [7, 11) is 1.35. The highest BCUT2D eigenvalue weighted by Crippen LogP contribution is 2.29. The van der Waals surface area contributed by atoms with Gasteiger partial charge in [0, 0.05) is 42.7 Å². The number of piperazine rings is 1. The number of allylic oxidation sites excluding steroid dienone is 3. The van der Waals surface area contributed by atoms with Gasteiger partial charge in [-0.15, -0.1) is 0 Å². The number of nitrogens with two attached hydrogens (primary N) is 1. The van der Waals surface area contributed by atoms with Gasteiger partial charge in [-0.1, -0.05) is 12.7 Å². The molecule has 36 heavy (non-hydrogen) atoms. The van der Waals surface area contributed by atoms with Crippen molar-refractivity contribution in [2.24, 2.45) is 5.73 Å². The number of carbonyl (C=O) groups excluding carboxylic acids is 3. The number of methoxy groups -OCH3 is 1. The van der Waals surface area contributed by atoms with Crippen LogP contribution in [0.2, 0.25) is 0 Å². The van der Waals surface area contributed by atoms with E-state index in [0.717, 1.165) is 0 Å².